The van der Waals surface area contributed by atoms with E-state index in [1.807, 2.05) is 6.07 Å². The number of ether oxygens (including phenoxy) is 3. The van der Waals surface area contributed by atoms with Gasteiger partial charge in [0.1, 0.15) is 0 Å². The number of hydrogen-bond donors (Lipinski definition) is 2. The third-order valence-electron chi connectivity index (χ3n) is 5.17. The van der Waals surface area contributed by atoms with Crippen molar-refractivity contribution >= 4 is 0 Å². The fourth-order valence-corrected chi connectivity index (χ4v) is 3.73. The molecule has 0 radical (unpaired) electrons. The first kappa shape index (κ1) is 16.6. The number of fused-ring (bicyclic) bond motifs is 1. The Labute approximate surface area is 162 Å². The zero-order valence-electron chi connectivity index (χ0n) is 17.7. The van der Waals surface area contributed by atoms with Gasteiger partial charge in [0.15, 0.2) is 23.0 Å². The summed E-state index contributed by atoms with van der Waals surface area (Å²) in [6, 6.07) is 7.16. The third kappa shape index (κ3) is 3.76. The standard InChI is InChI=1S/C21H27NO5/c1-22-8-7-14-11-19(25-2)17(23)12-15(14)16(22)6-5-13-9-18(24)21(27-4)20(10-13)26-3/h9-12,16,23-24H,5-8H2,1-4H3/i1+2,3T,4T,6+2. The molecule has 1 atom stereocenters. The van der Waals surface area contributed by atoms with Crippen LogP contribution < -0.4 is 14.2 Å². The van der Waals surface area contributed by atoms with Crippen LogP contribution in [0.2, 0.25) is 0 Å². The van der Waals surface area contributed by atoms with E-state index in [9.17, 15) is 10.2 Å². The minimum absolute atomic E-state index is 0.0909. The normalized spacial score (nSPS) is 17.6. The lowest BCUT2D eigenvalue weighted by atomic mass is 9.96. The van der Waals surface area contributed by atoms with E-state index in [1.54, 1.807) is 25.3 Å². The molecule has 0 spiro atoms. The van der Waals surface area contributed by atoms with Gasteiger partial charge < -0.3 is 24.4 Å². The molecule has 146 valence electrons. The molecule has 2 aromatic rings. The summed E-state index contributed by atoms with van der Waals surface area (Å²) in [5.41, 5.74) is 3.10. The number of rotatable bonds is 6. The maximum atomic E-state index is 10.3. The summed E-state index contributed by atoms with van der Waals surface area (Å²) in [6.07, 6.45) is 2.32. The van der Waals surface area contributed by atoms with Crippen LogP contribution in [0.5, 0.6) is 28.7 Å². The molecule has 0 saturated carbocycles. The predicted molar refractivity (Wildman–Crippen MR) is 103 cm³/mol. The number of methoxy groups -OCH3 is 3. The van der Waals surface area contributed by atoms with Crippen LogP contribution in [0.4, 0.5) is 0 Å². The van der Waals surface area contributed by atoms with Crippen LogP contribution in [0.15, 0.2) is 24.3 Å². The molecule has 2 N–H and O–H groups in total. The van der Waals surface area contributed by atoms with Gasteiger partial charge in [0.25, 0.3) is 0 Å². The molecular formula is C21H27NO5. The van der Waals surface area contributed by atoms with Crippen molar-refractivity contribution in [2.45, 2.75) is 25.3 Å². The van der Waals surface area contributed by atoms with Gasteiger partial charge in [-0.05, 0) is 67.3 Å². The first-order valence-electron chi connectivity index (χ1n) is 10.2. The van der Waals surface area contributed by atoms with Crippen molar-refractivity contribution in [2.75, 3.05) is 34.9 Å². The molecule has 6 heteroatoms. The zero-order valence-corrected chi connectivity index (χ0v) is 15.7. The monoisotopic (exact) mass is 381 g/mol. The number of aromatic hydroxyl groups is 2. The van der Waals surface area contributed by atoms with Crippen LogP contribution in [-0.4, -0.2) is 50.0 Å². The summed E-state index contributed by atoms with van der Waals surface area (Å²) in [5.74, 6) is 0.875. The van der Waals surface area contributed by atoms with Crippen molar-refractivity contribution in [3.05, 3.63) is 41.0 Å². The van der Waals surface area contributed by atoms with Crippen LogP contribution in [0.25, 0.3) is 0 Å². The third-order valence-corrected chi connectivity index (χ3v) is 5.17. The second-order valence-corrected chi connectivity index (χ2v) is 6.74. The summed E-state index contributed by atoms with van der Waals surface area (Å²) in [6.45, 7) is 0.903. The Morgan fingerprint density at radius 3 is 2.70 bits per heavy atom. The van der Waals surface area contributed by atoms with Crippen molar-refractivity contribution in [3.8, 4) is 28.7 Å². The molecule has 0 fully saturated rings. The summed E-state index contributed by atoms with van der Waals surface area (Å²) < 4.78 is 30.1. The van der Waals surface area contributed by atoms with Gasteiger partial charge in [0.2, 0.25) is 5.75 Å². The first-order chi connectivity index (χ1) is 14.0. The molecule has 0 saturated heterocycles. The highest BCUT2D eigenvalue weighted by molar-refractivity contribution is 5.53. The molecular weight excluding hydrogens is 350 g/mol. The second-order valence-electron chi connectivity index (χ2n) is 6.74. The van der Waals surface area contributed by atoms with Crippen molar-refractivity contribution < 1.29 is 27.2 Å². The van der Waals surface area contributed by atoms with Crippen LogP contribution in [-0.2, 0) is 12.8 Å². The van der Waals surface area contributed by atoms with Crippen molar-refractivity contribution in [2.24, 2.45) is 0 Å². The fraction of sp³-hybridized carbons (Fsp3) is 0.429. The Morgan fingerprint density at radius 2 is 1.96 bits per heavy atom. The molecule has 0 aromatic heterocycles. The maximum absolute atomic E-state index is 10.3. The highest BCUT2D eigenvalue weighted by Crippen LogP contribution is 2.41. The van der Waals surface area contributed by atoms with Crippen LogP contribution in [0, 0.1) is 0 Å². The van der Waals surface area contributed by atoms with Gasteiger partial charge in [-0.2, -0.15) is 0 Å². The molecule has 1 aliphatic rings. The molecule has 0 amide bonds. The lowest BCUT2D eigenvalue weighted by molar-refractivity contribution is 0.218. The van der Waals surface area contributed by atoms with Crippen LogP contribution in [0.3, 0.4) is 0 Å². The molecule has 27 heavy (non-hydrogen) atoms. The molecule has 1 heterocycles. The number of phenols is 2. The average Bonchev–Trinajstić information content (AvgIpc) is 2.69. The van der Waals surface area contributed by atoms with E-state index in [1.165, 1.54) is 5.56 Å². The average molecular weight is 381 g/mol. The first-order valence-corrected chi connectivity index (χ1v) is 8.78. The SMILES string of the molecule is [3H]COc1cc(C[14CH2]C2c3cc(O)c(OC)cc3CCN2[14CH3])cc(O)c1OC[3H]. The molecule has 0 aliphatic carbocycles. The van der Waals surface area contributed by atoms with Gasteiger partial charge >= 0.3 is 0 Å². The fourth-order valence-electron chi connectivity index (χ4n) is 3.73. The van der Waals surface area contributed by atoms with Gasteiger partial charge in [0, 0.05) is 12.6 Å². The quantitative estimate of drug-likeness (QED) is 0.800. The van der Waals surface area contributed by atoms with Gasteiger partial charge in [-0.1, -0.05) is 0 Å². The Morgan fingerprint density at radius 1 is 1.15 bits per heavy atom. The lowest BCUT2D eigenvalue weighted by Crippen LogP contribution is -2.32. The van der Waals surface area contributed by atoms with Crippen molar-refractivity contribution in [1.29, 1.82) is 0 Å². The maximum Gasteiger partial charge on any atom is 0.203 e. The largest absolute Gasteiger partial charge is 0.504 e. The van der Waals surface area contributed by atoms with E-state index >= 15 is 0 Å². The Bertz CT molecular complexity index is 861. The molecule has 1 unspecified atom stereocenters. The van der Waals surface area contributed by atoms with Crippen LogP contribution >= 0.6 is 0 Å². The predicted octanol–water partition coefficient (Wildman–Crippen LogP) is 3.29. The van der Waals surface area contributed by atoms with E-state index in [-0.39, 0.29) is 43.2 Å². The van der Waals surface area contributed by atoms with E-state index in [0.717, 1.165) is 30.5 Å². The highest BCUT2D eigenvalue weighted by atomic mass is 16.5. The van der Waals surface area contributed by atoms with Gasteiger partial charge in [-0.25, -0.2) is 0 Å². The van der Waals surface area contributed by atoms with E-state index in [4.69, 9.17) is 17.0 Å². The Kier molecular flexibility index (Phi) is 4.89. The van der Waals surface area contributed by atoms with Crippen LogP contribution in [0.1, 0.15) is 31.9 Å². The number of phenolic OH excluding ortho intramolecular Hbond substituents is 2. The lowest BCUT2D eigenvalue weighted by Gasteiger charge is -2.35. The molecule has 6 nitrogen and oxygen atoms in total. The van der Waals surface area contributed by atoms with Gasteiger partial charge in [0.05, 0.1) is 24.0 Å². The Hall–Kier alpha value is -2.60. The van der Waals surface area contributed by atoms with Gasteiger partial charge in [-0.3, -0.25) is 4.90 Å². The summed E-state index contributed by atoms with van der Waals surface area (Å²) in [4.78, 5) is 2.26. The van der Waals surface area contributed by atoms with Crippen molar-refractivity contribution in [1.82, 2.24) is 4.90 Å². The van der Waals surface area contributed by atoms with E-state index in [2.05, 4.69) is 11.9 Å². The smallest absolute Gasteiger partial charge is 0.203 e. The Balaban J connectivity index is 1.84. The van der Waals surface area contributed by atoms with E-state index < -0.39 is 0 Å². The minimum atomic E-state index is -0.349. The zero-order chi connectivity index (χ0) is 21.0. The number of benzene rings is 2. The topological polar surface area (TPSA) is 71.4 Å². The number of hydrogen-bond acceptors (Lipinski definition) is 6. The molecule has 1 aliphatic heterocycles. The van der Waals surface area contributed by atoms with Gasteiger partial charge in [-0.15, -0.1) is 0 Å². The summed E-state index contributed by atoms with van der Waals surface area (Å²) in [5, 5.41) is 20.5. The number of aryl methyl sites for hydroxylation is 1. The minimum Gasteiger partial charge on any atom is -0.504 e. The summed E-state index contributed by atoms with van der Waals surface area (Å²) >= 11 is 0. The number of nitrogens with zero attached hydrogens (tertiary/aromatic N) is 1. The number of likely N-dealkylation sites (N-methyl/N-ethyl adjacent to an activating group) is 1. The van der Waals surface area contributed by atoms with Crippen molar-refractivity contribution in [3.63, 3.8) is 0 Å². The molecule has 2 aromatic carbocycles. The highest BCUT2D eigenvalue weighted by Gasteiger charge is 2.26. The molecule has 3 rings (SSSR count). The second kappa shape index (κ2) is 7.96. The van der Waals surface area contributed by atoms with E-state index in [0.29, 0.717) is 12.2 Å². The molecule has 0 bridgehead atoms. The summed E-state index contributed by atoms with van der Waals surface area (Å²) in [7, 11) is 2.95.